The summed E-state index contributed by atoms with van der Waals surface area (Å²) in [4.78, 5) is 25.9. The first-order chi connectivity index (χ1) is 11.4. The predicted molar refractivity (Wildman–Crippen MR) is 84.9 cm³/mol. The topological polar surface area (TPSA) is 79.2 Å². The summed E-state index contributed by atoms with van der Waals surface area (Å²) in [6, 6.07) is 2.11. The molecule has 0 spiro atoms. The molecule has 8 heteroatoms. The summed E-state index contributed by atoms with van der Waals surface area (Å²) in [5, 5.41) is 11.4. The first-order valence-electron chi connectivity index (χ1n) is 7.40. The molecule has 2 amide bonds. The Morgan fingerprint density at radius 1 is 1.25 bits per heavy atom. The molecule has 3 rings (SSSR count). The van der Waals surface area contributed by atoms with Gasteiger partial charge in [-0.1, -0.05) is 16.8 Å². The smallest absolute Gasteiger partial charge is 0.261 e. The van der Waals surface area contributed by atoms with Crippen molar-refractivity contribution < 1.29 is 23.9 Å². The Kier molecular flexibility index (Phi) is 4.28. The molecule has 126 valence electrons. The van der Waals surface area contributed by atoms with E-state index >= 15 is 0 Å². The minimum atomic E-state index is -0.813. The van der Waals surface area contributed by atoms with Crippen LogP contribution >= 0.6 is 11.6 Å². The van der Waals surface area contributed by atoms with Crippen LogP contribution in [0.5, 0.6) is 5.75 Å². The fourth-order valence-corrected chi connectivity index (χ4v) is 3.09. The Balaban J connectivity index is 2.02. The Morgan fingerprint density at radius 3 is 2.38 bits per heavy atom. The standard InChI is InChI=1S/C16H14ClFN2O4/c1-8(19-23)24-14-7-13(12(18)6-11(14)17)20-15(21)9-4-2-3-5-10(9)16(20)22/h6-7,23H,2-5H2,1H3/b19-8+. The van der Waals surface area contributed by atoms with Crippen LogP contribution in [-0.2, 0) is 9.59 Å². The number of nitrogens with zero attached hydrogens (tertiary/aromatic N) is 2. The molecule has 1 heterocycles. The third kappa shape index (κ3) is 2.65. The van der Waals surface area contributed by atoms with Gasteiger partial charge in [-0.15, -0.1) is 0 Å². The molecule has 0 saturated heterocycles. The quantitative estimate of drug-likeness (QED) is 0.291. The maximum Gasteiger partial charge on any atom is 0.261 e. The van der Waals surface area contributed by atoms with Gasteiger partial charge >= 0.3 is 0 Å². The Labute approximate surface area is 142 Å². The summed E-state index contributed by atoms with van der Waals surface area (Å²) >= 11 is 5.90. The average molecular weight is 353 g/mol. The molecule has 0 radical (unpaired) electrons. The Morgan fingerprint density at radius 2 is 1.83 bits per heavy atom. The summed E-state index contributed by atoms with van der Waals surface area (Å²) in [6.07, 6.45) is 2.70. The Bertz CT molecular complexity index is 776. The molecule has 6 nitrogen and oxygen atoms in total. The van der Waals surface area contributed by atoms with E-state index in [-0.39, 0.29) is 22.4 Å². The summed E-state index contributed by atoms with van der Waals surface area (Å²) in [6.45, 7) is 1.37. The fraction of sp³-hybridized carbons (Fsp3) is 0.312. The Hall–Kier alpha value is -2.41. The number of benzene rings is 1. The van der Waals surface area contributed by atoms with E-state index in [1.165, 1.54) is 6.92 Å². The van der Waals surface area contributed by atoms with Gasteiger partial charge in [-0.3, -0.25) is 9.59 Å². The predicted octanol–water partition coefficient (Wildman–Crippen LogP) is 3.41. The van der Waals surface area contributed by atoms with Crippen LogP contribution in [0.15, 0.2) is 28.4 Å². The highest BCUT2D eigenvalue weighted by molar-refractivity contribution is 6.34. The van der Waals surface area contributed by atoms with Crippen molar-refractivity contribution in [1.29, 1.82) is 0 Å². The maximum atomic E-state index is 14.3. The van der Waals surface area contributed by atoms with Crippen molar-refractivity contribution in [3.63, 3.8) is 0 Å². The van der Waals surface area contributed by atoms with E-state index in [9.17, 15) is 14.0 Å². The second-order valence-electron chi connectivity index (χ2n) is 5.57. The summed E-state index contributed by atoms with van der Waals surface area (Å²) < 4.78 is 19.5. The van der Waals surface area contributed by atoms with Crippen molar-refractivity contribution in [3.8, 4) is 5.75 Å². The van der Waals surface area contributed by atoms with Crippen LogP contribution in [0.1, 0.15) is 32.6 Å². The number of amides is 2. The second kappa shape index (κ2) is 6.24. The van der Waals surface area contributed by atoms with Gasteiger partial charge in [0.2, 0.25) is 5.90 Å². The molecule has 1 N–H and O–H groups in total. The molecule has 0 aromatic heterocycles. The van der Waals surface area contributed by atoms with Crippen LogP contribution in [0.2, 0.25) is 5.02 Å². The number of rotatable bonds is 2. The van der Waals surface area contributed by atoms with Crippen molar-refractivity contribution in [2.45, 2.75) is 32.6 Å². The number of hydrogen-bond acceptors (Lipinski definition) is 5. The van der Waals surface area contributed by atoms with Crippen LogP contribution in [0.25, 0.3) is 0 Å². The molecule has 0 fully saturated rings. The van der Waals surface area contributed by atoms with Crippen LogP contribution < -0.4 is 9.64 Å². The molecule has 0 unspecified atom stereocenters. The maximum absolute atomic E-state index is 14.3. The average Bonchev–Trinajstić information content (AvgIpc) is 2.82. The van der Waals surface area contributed by atoms with E-state index in [1.807, 2.05) is 0 Å². The van der Waals surface area contributed by atoms with E-state index < -0.39 is 17.6 Å². The van der Waals surface area contributed by atoms with E-state index in [0.29, 0.717) is 24.0 Å². The molecule has 1 aromatic rings. The first-order valence-corrected chi connectivity index (χ1v) is 7.78. The molecule has 1 aromatic carbocycles. The van der Waals surface area contributed by atoms with Crippen LogP contribution in [0.3, 0.4) is 0 Å². The lowest BCUT2D eigenvalue weighted by Crippen LogP contribution is -2.32. The molecule has 0 bridgehead atoms. The minimum Gasteiger partial charge on any atom is -0.438 e. The zero-order chi connectivity index (χ0) is 17.4. The largest absolute Gasteiger partial charge is 0.438 e. The van der Waals surface area contributed by atoms with Crippen molar-refractivity contribution >= 4 is 35.0 Å². The molecular formula is C16H14ClFN2O4. The molecule has 2 aliphatic rings. The highest BCUT2D eigenvalue weighted by Gasteiger charge is 2.41. The van der Waals surface area contributed by atoms with Crippen molar-refractivity contribution in [2.24, 2.45) is 5.16 Å². The molecule has 1 aliphatic carbocycles. The summed E-state index contributed by atoms with van der Waals surface area (Å²) in [5.74, 6) is -1.96. The van der Waals surface area contributed by atoms with Gasteiger partial charge in [0.05, 0.1) is 10.7 Å². The monoisotopic (exact) mass is 352 g/mol. The van der Waals surface area contributed by atoms with E-state index in [2.05, 4.69) is 5.16 Å². The number of hydrogen-bond donors (Lipinski definition) is 1. The van der Waals surface area contributed by atoms with Gasteiger partial charge in [0.1, 0.15) is 11.6 Å². The minimum absolute atomic E-state index is 0.0196. The van der Waals surface area contributed by atoms with Gasteiger partial charge in [-0.05, 0) is 31.7 Å². The van der Waals surface area contributed by atoms with Crippen LogP contribution in [0, 0.1) is 5.82 Å². The van der Waals surface area contributed by atoms with Gasteiger partial charge in [0, 0.05) is 24.1 Å². The third-order valence-corrected chi connectivity index (χ3v) is 4.33. The summed E-state index contributed by atoms with van der Waals surface area (Å²) in [5.41, 5.74) is 0.678. The molecule has 1 aliphatic heterocycles. The van der Waals surface area contributed by atoms with Gasteiger partial charge < -0.3 is 9.94 Å². The third-order valence-electron chi connectivity index (χ3n) is 4.03. The lowest BCUT2D eigenvalue weighted by Gasteiger charge is -2.17. The van der Waals surface area contributed by atoms with Gasteiger partial charge in [0.15, 0.2) is 0 Å². The zero-order valence-electron chi connectivity index (χ0n) is 12.8. The SMILES string of the molecule is C/C(=N\O)Oc1cc(N2C(=O)C3=C(CCCC3)C2=O)c(F)cc1Cl. The summed E-state index contributed by atoms with van der Waals surface area (Å²) in [7, 11) is 0. The number of carbonyl (C=O) groups is 2. The number of oxime groups is 1. The molecular weight excluding hydrogens is 339 g/mol. The van der Waals surface area contributed by atoms with E-state index in [1.54, 1.807) is 0 Å². The normalized spacial score (nSPS) is 18.3. The van der Waals surface area contributed by atoms with Gasteiger partial charge in [-0.2, -0.15) is 0 Å². The van der Waals surface area contributed by atoms with Crippen molar-refractivity contribution in [1.82, 2.24) is 0 Å². The second-order valence-corrected chi connectivity index (χ2v) is 5.97. The van der Waals surface area contributed by atoms with E-state index in [4.69, 9.17) is 21.5 Å². The number of halogens is 2. The molecule has 0 atom stereocenters. The van der Waals surface area contributed by atoms with Gasteiger partial charge in [-0.25, -0.2) is 9.29 Å². The first kappa shape index (κ1) is 16.4. The number of anilines is 1. The van der Waals surface area contributed by atoms with Crippen molar-refractivity contribution in [3.05, 3.63) is 34.1 Å². The number of carbonyl (C=O) groups excluding carboxylic acids is 2. The lowest BCUT2D eigenvalue weighted by molar-refractivity contribution is -0.120. The lowest BCUT2D eigenvalue weighted by atomic mass is 9.93. The van der Waals surface area contributed by atoms with Gasteiger partial charge in [0.25, 0.3) is 11.8 Å². The van der Waals surface area contributed by atoms with Crippen LogP contribution in [-0.4, -0.2) is 22.9 Å². The number of ether oxygens (including phenoxy) is 1. The fourth-order valence-electron chi connectivity index (χ4n) is 2.91. The highest BCUT2D eigenvalue weighted by Crippen LogP contribution is 2.39. The zero-order valence-corrected chi connectivity index (χ0v) is 13.6. The number of imide groups is 1. The van der Waals surface area contributed by atoms with Crippen molar-refractivity contribution in [2.75, 3.05) is 4.90 Å². The van der Waals surface area contributed by atoms with Crippen LogP contribution in [0.4, 0.5) is 10.1 Å². The highest BCUT2D eigenvalue weighted by atomic mass is 35.5. The van der Waals surface area contributed by atoms with E-state index in [0.717, 1.165) is 29.9 Å². The molecule has 0 saturated carbocycles. The molecule has 24 heavy (non-hydrogen) atoms.